The molecular formula is C13H9Cl2F3N4O2. The summed E-state index contributed by atoms with van der Waals surface area (Å²) in [5.41, 5.74) is -3.43. The molecule has 11 heteroatoms. The van der Waals surface area contributed by atoms with E-state index < -0.39 is 23.7 Å². The minimum Gasteiger partial charge on any atom is -0.317 e. The standard InChI is InChI=1S/C13H9Cl2F3N4O2/c1-2-8(23)21-12(13(16,17)18)10(24)20-11-19-9-6(15)3-5(14)4-7(9)22(11)12/h3-4H,2H2,1H3,(H,21,23)(H,19,20,24). The van der Waals surface area contributed by atoms with Crippen molar-refractivity contribution in [2.24, 2.45) is 0 Å². The molecule has 0 fully saturated rings. The van der Waals surface area contributed by atoms with Gasteiger partial charge in [0.15, 0.2) is 0 Å². The number of aromatic nitrogens is 2. The van der Waals surface area contributed by atoms with E-state index in [0.717, 1.165) is 0 Å². The number of imidazole rings is 1. The summed E-state index contributed by atoms with van der Waals surface area (Å²) in [6.45, 7) is 1.37. The number of rotatable bonds is 2. The van der Waals surface area contributed by atoms with E-state index in [0.29, 0.717) is 4.57 Å². The molecular weight excluding hydrogens is 372 g/mol. The van der Waals surface area contributed by atoms with Gasteiger partial charge >= 0.3 is 6.18 Å². The normalized spacial score (nSPS) is 20.2. The number of hydrogen-bond acceptors (Lipinski definition) is 3. The van der Waals surface area contributed by atoms with Crippen molar-refractivity contribution in [2.45, 2.75) is 25.2 Å². The summed E-state index contributed by atoms with van der Waals surface area (Å²) in [5, 5.41) is 3.89. The van der Waals surface area contributed by atoms with Gasteiger partial charge in [0, 0.05) is 11.4 Å². The van der Waals surface area contributed by atoms with E-state index in [1.165, 1.54) is 19.1 Å². The van der Waals surface area contributed by atoms with Crippen molar-refractivity contribution in [1.82, 2.24) is 14.9 Å². The highest BCUT2D eigenvalue weighted by atomic mass is 35.5. The summed E-state index contributed by atoms with van der Waals surface area (Å²) in [7, 11) is 0. The SMILES string of the molecule is CCC(=O)NC1(C(F)(F)F)C(=O)Nc2nc3c(Cl)cc(Cl)cc3n21. The Morgan fingerprint density at radius 1 is 1.42 bits per heavy atom. The smallest absolute Gasteiger partial charge is 0.317 e. The van der Waals surface area contributed by atoms with Gasteiger partial charge in [-0.25, -0.2) is 4.98 Å². The molecule has 1 aliphatic heterocycles. The maximum atomic E-state index is 13.9. The Labute approximate surface area is 142 Å². The molecule has 2 heterocycles. The molecule has 0 aliphatic carbocycles. The number of anilines is 1. The number of fused-ring (bicyclic) bond motifs is 3. The first-order chi connectivity index (χ1) is 11.1. The van der Waals surface area contributed by atoms with Crippen molar-refractivity contribution in [1.29, 1.82) is 0 Å². The van der Waals surface area contributed by atoms with Gasteiger partial charge in [0.1, 0.15) is 5.52 Å². The van der Waals surface area contributed by atoms with Gasteiger partial charge in [0.05, 0.1) is 10.5 Å². The van der Waals surface area contributed by atoms with Gasteiger partial charge < -0.3 is 5.32 Å². The van der Waals surface area contributed by atoms with Crippen LogP contribution in [0.1, 0.15) is 13.3 Å². The minimum atomic E-state index is -5.13. The third-order valence-corrected chi connectivity index (χ3v) is 4.13. The molecule has 0 saturated carbocycles. The van der Waals surface area contributed by atoms with E-state index in [-0.39, 0.29) is 33.4 Å². The van der Waals surface area contributed by atoms with Crippen LogP contribution in [0.2, 0.25) is 10.0 Å². The molecule has 0 radical (unpaired) electrons. The fraction of sp³-hybridized carbons (Fsp3) is 0.308. The van der Waals surface area contributed by atoms with Gasteiger partial charge in [-0.2, -0.15) is 13.2 Å². The summed E-state index contributed by atoms with van der Waals surface area (Å²) in [6, 6.07) is 2.51. The van der Waals surface area contributed by atoms with Gasteiger partial charge in [-0.3, -0.25) is 19.5 Å². The van der Waals surface area contributed by atoms with Crippen LogP contribution in [-0.4, -0.2) is 27.5 Å². The van der Waals surface area contributed by atoms with Crippen LogP contribution in [0.4, 0.5) is 19.1 Å². The molecule has 1 unspecified atom stereocenters. The number of carbonyl (C=O) groups is 2. The van der Waals surface area contributed by atoms with Crippen molar-refractivity contribution in [3.63, 3.8) is 0 Å². The van der Waals surface area contributed by atoms with Crippen LogP contribution in [0, 0.1) is 0 Å². The first-order valence-corrected chi connectivity index (χ1v) is 7.44. The molecule has 24 heavy (non-hydrogen) atoms. The first-order valence-electron chi connectivity index (χ1n) is 6.69. The fourth-order valence-electron chi connectivity index (χ4n) is 2.55. The Morgan fingerprint density at radius 2 is 2.08 bits per heavy atom. The molecule has 128 valence electrons. The summed E-state index contributed by atoms with van der Waals surface area (Å²) >= 11 is 11.8. The second kappa shape index (κ2) is 5.25. The summed E-state index contributed by atoms with van der Waals surface area (Å²) in [4.78, 5) is 27.8. The quantitative estimate of drug-likeness (QED) is 0.840. The minimum absolute atomic E-state index is 0.0199. The van der Waals surface area contributed by atoms with Gasteiger partial charge in [0.25, 0.3) is 11.6 Å². The largest absolute Gasteiger partial charge is 0.440 e. The fourth-order valence-corrected chi connectivity index (χ4v) is 3.07. The highest BCUT2D eigenvalue weighted by Crippen LogP contribution is 2.45. The van der Waals surface area contributed by atoms with Crippen molar-refractivity contribution >= 4 is 52.0 Å². The lowest BCUT2D eigenvalue weighted by molar-refractivity contribution is -0.217. The molecule has 0 saturated heterocycles. The number of amides is 2. The predicted molar refractivity (Wildman–Crippen MR) is 80.8 cm³/mol. The average Bonchev–Trinajstić information content (AvgIpc) is 2.94. The van der Waals surface area contributed by atoms with Crippen LogP contribution in [0.3, 0.4) is 0 Å². The maximum absolute atomic E-state index is 13.9. The molecule has 1 aromatic heterocycles. The topological polar surface area (TPSA) is 76.0 Å². The van der Waals surface area contributed by atoms with Crippen LogP contribution in [0.25, 0.3) is 11.0 Å². The van der Waals surface area contributed by atoms with E-state index in [1.807, 2.05) is 5.32 Å². The zero-order valence-electron chi connectivity index (χ0n) is 12.0. The van der Waals surface area contributed by atoms with E-state index in [9.17, 15) is 22.8 Å². The molecule has 3 rings (SSSR count). The zero-order chi connectivity index (χ0) is 17.9. The number of benzene rings is 1. The van der Waals surface area contributed by atoms with Crippen LogP contribution in [0.5, 0.6) is 0 Å². The molecule has 2 aromatic rings. The van der Waals surface area contributed by atoms with Crippen LogP contribution >= 0.6 is 23.2 Å². The number of nitrogens with one attached hydrogen (secondary N) is 2. The number of halogens is 5. The second-order valence-corrected chi connectivity index (χ2v) is 5.93. The van der Waals surface area contributed by atoms with Crippen LogP contribution < -0.4 is 10.6 Å². The molecule has 0 spiro atoms. The number of hydrogen-bond donors (Lipinski definition) is 2. The molecule has 1 aromatic carbocycles. The average molecular weight is 381 g/mol. The highest BCUT2D eigenvalue weighted by Gasteiger charge is 2.67. The summed E-state index contributed by atoms with van der Waals surface area (Å²) in [5.74, 6) is -2.80. The third-order valence-electron chi connectivity index (χ3n) is 3.62. The molecule has 0 bridgehead atoms. The van der Waals surface area contributed by atoms with E-state index in [4.69, 9.17) is 23.2 Å². The Morgan fingerprint density at radius 3 is 2.67 bits per heavy atom. The second-order valence-electron chi connectivity index (χ2n) is 5.09. The van der Waals surface area contributed by atoms with Crippen molar-refractivity contribution in [2.75, 3.05) is 5.32 Å². The monoisotopic (exact) mass is 380 g/mol. The van der Waals surface area contributed by atoms with Crippen molar-refractivity contribution < 1.29 is 22.8 Å². The third kappa shape index (κ3) is 2.15. The zero-order valence-corrected chi connectivity index (χ0v) is 13.5. The predicted octanol–water partition coefficient (Wildman–Crippen LogP) is 3.04. The van der Waals surface area contributed by atoms with E-state index in [2.05, 4.69) is 4.98 Å². The molecule has 2 amide bonds. The molecule has 1 atom stereocenters. The van der Waals surface area contributed by atoms with Crippen LogP contribution in [-0.2, 0) is 15.3 Å². The van der Waals surface area contributed by atoms with Gasteiger partial charge in [-0.05, 0) is 12.1 Å². The first kappa shape index (κ1) is 16.8. The van der Waals surface area contributed by atoms with Crippen LogP contribution in [0.15, 0.2) is 12.1 Å². The summed E-state index contributed by atoms with van der Waals surface area (Å²) < 4.78 is 42.1. The number of carbonyl (C=O) groups excluding carboxylic acids is 2. The van der Waals surface area contributed by atoms with E-state index >= 15 is 0 Å². The van der Waals surface area contributed by atoms with E-state index in [1.54, 1.807) is 5.32 Å². The maximum Gasteiger partial charge on any atom is 0.440 e. The molecule has 1 aliphatic rings. The molecule has 2 N–H and O–H groups in total. The Kier molecular flexibility index (Phi) is 3.68. The Balaban J connectivity index is 2.38. The van der Waals surface area contributed by atoms with Crippen molar-refractivity contribution in [3.8, 4) is 0 Å². The molecule has 6 nitrogen and oxygen atoms in total. The van der Waals surface area contributed by atoms with Gasteiger partial charge in [-0.1, -0.05) is 30.1 Å². The number of nitrogens with zero attached hydrogens (tertiary/aromatic N) is 2. The van der Waals surface area contributed by atoms with Crippen molar-refractivity contribution in [3.05, 3.63) is 22.2 Å². The lowest BCUT2D eigenvalue weighted by atomic mass is 10.1. The highest BCUT2D eigenvalue weighted by molar-refractivity contribution is 6.38. The lowest BCUT2D eigenvalue weighted by Gasteiger charge is -2.31. The lowest BCUT2D eigenvalue weighted by Crippen LogP contribution is -2.63. The van der Waals surface area contributed by atoms with Gasteiger partial charge in [0.2, 0.25) is 11.9 Å². The summed E-state index contributed by atoms with van der Waals surface area (Å²) in [6.07, 6.45) is -5.37. The Hall–Kier alpha value is -2.00. The number of alkyl halides is 3. The Bertz CT molecular complexity index is 880. The van der Waals surface area contributed by atoms with Gasteiger partial charge in [-0.15, -0.1) is 0 Å².